The number of halogens is 1. The van der Waals surface area contributed by atoms with Crippen LogP contribution in [0.25, 0.3) is 5.76 Å². The van der Waals surface area contributed by atoms with Gasteiger partial charge in [0.1, 0.15) is 11.7 Å². The summed E-state index contributed by atoms with van der Waals surface area (Å²) in [6.07, 6.45) is -1.38. The molecule has 200 valence electrons. The number of hydrogen-bond donors (Lipinski definition) is 6. The molecule has 1 aromatic rings. The van der Waals surface area contributed by atoms with Crippen LogP contribution in [-0.4, -0.2) is 93.6 Å². The molecule has 0 aromatic heterocycles. The summed E-state index contributed by atoms with van der Waals surface area (Å²) in [6, 6.07) is 0.563. The first-order valence-corrected chi connectivity index (χ1v) is 12.3. The lowest BCUT2D eigenvalue weighted by atomic mass is 9.54. The van der Waals surface area contributed by atoms with Crippen LogP contribution in [0, 0.1) is 17.8 Å². The van der Waals surface area contributed by atoms with E-state index in [-0.39, 0.29) is 29.7 Å². The van der Waals surface area contributed by atoms with Crippen LogP contribution in [0.4, 0.5) is 16.2 Å². The van der Waals surface area contributed by atoms with Gasteiger partial charge in [-0.05, 0) is 44.5 Å². The van der Waals surface area contributed by atoms with Crippen molar-refractivity contribution >= 4 is 55.4 Å². The second-order valence-electron chi connectivity index (χ2n) is 10.2. The third kappa shape index (κ3) is 3.83. The molecule has 0 spiro atoms. The van der Waals surface area contributed by atoms with Crippen molar-refractivity contribution in [3.63, 3.8) is 0 Å². The Hall–Kier alpha value is -3.00. The number of aliphatic hydroxyl groups excluding tert-OH is 2. The summed E-state index contributed by atoms with van der Waals surface area (Å²) in [5.41, 5.74) is 3.30. The monoisotopic (exact) mass is 580 g/mol. The number of anilines is 2. The summed E-state index contributed by atoms with van der Waals surface area (Å²) in [5, 5.41) is 47.3. The molecule has 12 nitrogen and oxygen atoms in total. The number of phenols is 1. The second kappa shape index (κ2) is 9.08. The summed E-state index contributed by atoms with van der Waals surface area (Å²) < 4.78 is 0. The van der Waals surface area contributed by atoms with Crippen LogP contribution in [0.2, 0.25) is 0 Å². The maximum absolute atomic E-state index is 13.9. The SMILES string of the molecule is CN(C)c1cc(NC(=O)Br)c(O)c2c1CC1CC3[C@@H](N(C)C)C(O)C(C(N)=O)C(=O)[C@]3(O)C(=O)C1=C2O. The molecule has 37 heavy (non-hydrogen) atoms. The normalized spacial score (nSPS) is 31.0. The van der Waals surface area contributed by atoms with Gasteiger partial charge in [0.05, 0.1) is 17.4 Å². The minimum absolute atomic E-state index is 0.0196. The number of amides is 2. The lowest BCUT2D eigenvalue weighted by Gasteiger charge is -2.53. The Morgan fingerprint density at radius 2 is 1.81 bits per heavy atom. The molecule has 0 heterocycles. The predicted octanol–water partition coefficient (Wildman–Crippen LogP) is 0.122. The average molecular weight is 581 g/mol. The highest BCUT2D eigenvalue weighted by Gasteiger charge is 2.67. The topological polar surface area (TPSA) is 194 Å². The van der Waals surface area contributed by atoms with Crippen LogP contribution >= 0.6 is 15.9 Å². The van der Waals surface area contributed by atoms with Crippen molar-refractivity contribution in [3.8, 4) is 5.75 Å². The van der Waals surface area contributed by atoms with Gasteiger partial charge in [-0.25, -0.2) is 0 Å². The number of nitrogens with zero attached hydrogens (tertiary/aromatic N) is 2. The van der Waals surface area contributed by atoms with Gasteiger partial charge < -0.3 is 41.3 Å². The molecule has 0 saturated heterocycles. The van der Waals surface area contributed by atoms with E-state index in [4.69, 9.17) is 5.73 Å². The molecule has 2 amide bonds. The number of nitrogens with two attached hydrogens (primary N) is 1. The fourth-order valence-electron chi connectivity index (χ4n) is 6.25. The zero-order chi connectivity index (χ0) is 27.7. The summed E-state index contributed by atoms with van der Waals surface area (Å²) in [7, 11) is 6.65. The lowest BCUT2D eigenvalue weighted by molar-refractivity contribution is -0.184. The van der Waals surface area contributed by atoms with Gasteiger partial charge >= 0.3 is 0 Å². The summed E-state index contributed by atoms with van der Waals surface area (Å²) in [6.45, 7) is 0. The van der Waals surface area contributed by atoms with Crippen molar-refractivity contribution in [2.45, 2.75) is 30.6 Å². The highest BCUT2D eigenvalue weighted by atomic mass is 79.9. The number of phenolic OH excluding ortho intramolecular Hbond substituents is 1. The molecule has 7 N–H and O–H groups in total. The second-order valence-corrected chi connectivity index (χ2v) is 10.9. The molecule has 0 bridgehead atoms. The van der Waals surface area contributed by atoms with E-state index in [9.17, 15) is 39.6 Å². The quantitative estimate of drug-likeness (QED) is 0.123. The minimum atomic E-state index is -2.73. The maximum atomic E-state index is 13.9. The van der Waals surface area contributed by atoms with E-state index in [1.807, 2.05) is 0 Å². The van der Waals surface area contributed by atoms with Crippen molar-refractivity contribution < 1.29 is 39.6 Å². The van der Waals surface area contributed by atoms with E-state index in [0.717, 1.165) is 0 Å². The largest absolute Gasteiger partial charge is 0.507 e. The third-order valence-electron chi connectivity index (χ3n) is 7.78. The fourth-order valence-corrected chi connectivity index (χ4v) is 6.47. The first kappa shape index (κ1) is 27.0. The number of fused-ring (bicyclic) bond motifs is 3. The predicted molar refractivity (Wildman–Crippen MR) is 136 cm³/mol. The van der Waals surface area contributed by atoms with Crippen molar-refractivity contribution in [2.75, 3.05) is 38.4 Å². The van der Waals surface area contributed by atoms with E-state index < -0.39 is 69.3 Å². The number of Topliss-reactive ketones (excluding diaryl/α,β-unsaturated/α-hetero) is 2. The Labute approximate surface area is 220 Å². The van der Waals surface area contributed by atoms with Gasteiger partial charge in [0.2, 0.25) is 11.7 Å². The van der Waals surface area contributed by atoms with E-state index in [1.54, 1.807) is 33.1 Å². The molecule has 3 aliphatic rings. The van der Waals surface area contributed by atoms with Crippen LogP contribution in [0.1, 0.15) is 17.5 Å². The van der Waals surface area contributed by atoms with Crippen molar-refractivity contribution in [1.29, 1.82) is 0 Å². The zero-order valence-electron chi connectivity index (χ0n) is 20.6. The Balaban J connectivity index is 1.96. The van der Waals surface area contributed by atoms with Crippen LogP contribution in [-0.2, 0) is 20.8 Å². The third-order valence-corrected chi connectivity index (χ3v) is 7.98. The van der Waals surface area contributed by atoms with Gasteiger partial charge in [0, 0.05) is 53.2 Å². The highest BCUT2D eigenvalue weighted by molar-refractivity contribution is 9.18. The molecule has 13 heteroatoms. The summed E-state index contributed by atoms with van der Waals surface area (Å²) >= 11 is 2.74. The van der Waals surface area contributed by atoms with Gasteiger partial charge in [-0.3, -0.25) is 19.2 Å². The number of hydrogen-bond acceptors (Lipinski definition) is 10. The lowest BCUT2D eigenvalue weighted by Crippen LogP contribution is -2.73. The number of aromatic hydroxyl groups is 1. The number of primary amides is 1. The van der Waals surface area contributed by atoms with Crippen LogP contribution in [0.15, 0.2) is 11.6 Å². The Morgan fingerprint density at radius 3 is 2.32 bits per heavy atom. The molecule has 3 aliphatic carbocycles. The Bertz CT molecular complexity index is 1260. The number of rotatable bonds is 4. The summed E-state index contributed by atoms with van der Waals surface area (Å²) in [5.74, 6) is -8.23. The van der Waals surface area contributed by atoms with E-state index >= 15 is 0 Å². The molecular weight excluding hydrogens is 552 g/mol. The van der Waals surface area contributed by atoms with E-state index in [2.05, 4.69) is 21.2 Å². The summed E-state index contributed by atoms with van der Waals surface area (Å²) in [4.78, 5) is 53.6. The molecule has 6 atom stereocenters. The first-order chi connectivity index (χ1) is 17.1. The smallest absolute Gasteiger partial charge is 0.291 e. The van der Waals surface area contributed by atoms with Crippen LogP contribution in [0.5, 0.6) is 5.75 Å². The number of carbonyl (C=O) groups excluding carboxylic acids is 4. The number of nitrogens with one attached hydrogen (secondary N) is 1. The van der Waals surface area contributed by atoms with Crippen LogP contribution in [0.3, 0.4) is 0 Å². The molecule has 1 aromatic carbocycles. The van der Waals surface area contributed by atoms with Crippen molar-refractivity contribution in [1.82, 2.24) is 4.90 Å². The molecule has 2 fully saturated rings. The zero-order valence-corrected chi connectivity index (χ0v) is 22.2. The fraction of sp³-hybridized carbons (Fsp3) is 0.500. The Kier molecular flexibility index (Phi) is 6.64. The van der Waals surface area contributed by atoms with E-state index in [1.165, 1.54) is 11.0 Å². The number of carbonyl (C=O) groups is 4. The molecule has 0 radical (unpaired) electrons. The van der Waals surface area contributed by atoms with Crippen LogP contribution < -0.4 is 16.0 Å². The number of ketones is 2. The van der Waals surface area contributed by atoms with E-state index in [0.29, 0.717) is 11.3 Å². The standard InChI is InChI=1S/C24H29BrN4O8/c1-28(2)12-7-11(27-23(25)36)17(30)14-9(12)5-8-6-10-16(29(3)4)19(32)15(22(26)35)21(34)24(10,37)20(33)13(8)18(14)31/h7-8,10,15-16,19,30-32,37H,5-6H2,1-4H3,(H2,26,35)(H,27,36)/t8?,10?,15?,16-,19?,24-/m1/s1. The van der Waals surface area contributed by atoms with Crippen molar-refractivity contribution in [2.24, 2.45) is 23.5 Å². The number of aliphatic hydroxyl groups is 3. The van der Waals surface area contributed by atoms with Gasteiger partial charge in [0.25, 0.3) is 4.82 Å². The first-order valence-electron chi connectivity index (χ1n) is 11.6. The molecule has 2 saturated carbocycles. The van der Waals surface area contributed by atoms with Gasteiger partial charge in [-0.15, -0.1) is 0 Å². The highest BCUT2D eigenvalue weighted by Crippen LogP contribution is 2.54. The van der Waals surface area contributed by atoms with Gasteiger partial charge in [-0.1, -0.05) is 0 Å². The van der Waals surface area contributed by atoms with Gasteiger partial charge in [0.15, 0.2) is 17.1 Å². The molecular formula is C24H29BrN4O8. The number of likely N-dealkylation sites (N-methyl/N-ethyl adjacent to an activating group) is 1. The molecule has 0 aliphatic heterocycles. The van der Waals surface area contributed by atoms with Crippen molar-refractivity contribution in [3.05, 3.63) is 22.8 Å². The van der Waals surface area contributed by atoms with Gasteiger partial charge in [-0.2, -0.15) is 0 Å². The number of benzene rings is 1. The maximum Gasteiger partial charge on any atom is 0.291 e. The molecule has 4 rings (SSSR count). The minimum Gasteiger partial charge on any atom is -0.507 e. The molecule has 4 unspecified atom stereocenters. The Morgan fingerprint density at radius 1 is 1.19 bits per heavy atom. The average Bonchev–Trinajstić information content (AvgIpc) is 2.77.